The minimum absolute atomic E-state index is 0.0590. The van der Waals surface area contributed by atoms with Gasteiger partial charge in [-0.15, -0.1) is 0 Å². The smallest absolute Gasteiger partial charge is 0.356 e. The van der Waals surface area contributed by atoms with Gasteiger partial charge in [0.15, 0.2) is 5.96 Å². The molecule has 1 aromatic carbocycles. The fourth-order valence-electron chi connectivity index (χ4n) is 1.40. The summed E-state index contributed by atoms with van der Waals surface area (Å²) in [4.78, 5) is 3.69. The number of aliphatic imine (C=N–C) groups is 1. The molecular formula is C12H14F5N3. The van der Waals surface area contributed by atoms with E-state index in [1.165, 1.54) is 7.05 Å². The van der Waals surface area contributed by atoms with Crippen molar-refractivity contribution in [2.24, 2.45) is 4.99 Å². The summed E-state index contributed by atoms with van der Waals surface area (Å²) in [6.07, 6.45) is -5.28. The van der Waals surface area contributed by atoms with Gasteiger partial charge in [-0.3, -0.25) is 4.99 Å². The zero-order valence-electron chi connectivity index (χ0n) is 10.7. The maximum Gasteiger partial charge on any atom is 0.390 e. The van der Waals surface area contributed by atoms with Gasteiger partial charge in [0.25, 0.3) is 0 Å². The van der Waals surface area contributed by atoms with Crippen LogP contribution in [0.4, 0.5) is 22.0 Å². The quantitative estimate of drug-likeness (QED) is 0.509. The standard InChI is InChI=1S/C12H14F5N3/c1-18-11(19-5-4-12(15,16)17)20-7-8-6-9(13)2-3-10(8)14/h2-3,6H,4-5,7H2,1H3,(H2,18,19,20). The predicted octanol–water partition coefficient (Wildman–Crippen LogP) is 2.58. The van der Waals surface area contributed by atoms with Gasteiger partial charge in [0.2, 0.25) is 0 Å². The third-order valence-electron chi connectivity index (χ3n) is 2.38. The van der Waals surface area contributed by atoms with Gasteiger partial charge in [-0.25, -0.2) is 8.78 Å². The van der Waals surface area contributed by atoms with E-state index in [0.717, 1.165) is 18.2 Å². The number of alkyl halides is 3. The zero-order valence-corrected chi connectivity index (χ0v) is 10.7. The van der Waals surface area contributed by atoms with Gasteiger partial charge in [0.1, 0.15) is 11.6 Å². The van der Waals surface area contributed by atoms with E-state index in [1.807, 2.05) is 0 Å². The Morgan fingerprint density at radius 1 is 1.20 bits per heavy atom. The lowest BCUT2D eigenvalue weighted by Gasteiger charge is -2.13. The van der Waals surface area contributed by atoms with E-state index in [4.69, 9.17) is 0 Å². The van der Waals surface area contributed by atoms with Crippen molar-refractivity contribution in [3.05, 3.63) is 35.4 Å². The Kier molecular flexibility index (Phi) is 5.72. The number of halogens is 5. The first-order valence-corrected chi connectivity index (χ1v) is 5.77. The van der Waals surface area contributed by atoms with Crippen molar-refractivity contribution in [1.29, 1.82) is 0 Å². The van der Waals surface area contributed by atoms with Gasteiger partial charge in [-0.1, -0.05) is 0 Å². The number of benzene rings is 1. The van der Waals surface area contributed by atoms with Crippen LogP contribution in [0.3, 0.4) is 0 Å². The van der Waals surface area contributed by atoms with Crippen molar-refractivity contribution in [3.63, 3.8) is 0 Å². The topological polar surface area (TPSA) is 36.4 Å². The normalized spacial score (nSPS) is 12.4. The van der Waals surface area contributed by atoms with Crippen molar-refractivity contribution < 1.29 is 22.0 Å². The fourth-order valence-corrected chi connectivity index (χ4v) is 1.40. The SMILES string of the molecule is CN=C(NCCC(F)(F)F)NCc1cc(F)ccc1F. The molecule has 0 aromatic heterocycles. The van der Waals surface area contributed by atoms with E-state index in [1.54, 1.807) is 0 Å². The second-order valence-electron chi connectivity index (χ2n) is 3.95. The summed E-state index contributed by atoms with van der Waals surface area (Å²) in [5.41, 5.74) is 0.0590. The molecule has 0 fully saturated rings. The Bertz CT molecular complexity index is 471. The highest BCUT2D eigenvalue weighted by Gasteiger charge is 2.26. The van der Waals surface area contributed by atoms with Crippen LogP contribution in [-0.4, -0.2) is 25.7 Å². The van der Waals surface area contributed by atoms with Gasteiger partial charge in [-0.2, -0.15) is 13.2 Å². The van der Waals surface area contributed by atoms with Crippen LogP contribution >= 0.6 is 0 Å². The van der Waals surface area contributed by atoms with Gasteiger partial charge in [-0.05, 0) is 18.2 Å². The average Bonchev–Trinajstić information content (AvgIpc) is 2.36. The van der Waals surface area contributed by atoms with Crippen LogP contribution in [0.1, 0.15) is 12.0 Å². The third-order valence-corrected chi connectivity index (χ3v) is 2.38. The second kappa shape index (κ2) is 7.06. The Balaban J connectivity index is 2.48. The van der Waals surface area contributed by atoms with E-state index in [9.17, 15) is 22.0 Å². The molecule has 0 atom stereocenters. The summed E-state index contributed by atoms with van der Waals surface area (Å²) < 4.78 is 62.1. The summed E-state index contributed by atoms with van der Waals surface area (Å²) in [6, 6.07) is 2.97. The lowest BCUT2D eigenvalue weighted by Crippen LogP contribution is -2.38. The molecule has 0 saturated carbocycles. The molecule has 0 saturated heterocycles. The molecule has 0 amide bonds. The van der Waals surface area contributed by atoms with E-state index >= 15 is 0 Å². The summed E-state index contributed by atoms with van der Waals surface area (Å²) in [5.74, 6) is -1.12. The average molecular weight is 295 g/mol. The molecule has 20 heavy (non-hydrogen) atoms. The Labute approximate surface area is 112 Å². The molecule has 0 bridgehead atoms. The molecule has 0 aliphatic rings. The summed E-state index contributed by atoms with van der Waals surface area (Å²) >= 11 is 0. The van der Waals surface area contributed by atoms with Crippen LogP contribution < -0.4 is 10.6 Å². The molecule has 112 valence electrons. The number of rotatable bonds is 4. The van der Waals surface area contributed by atoms with Crippen LogP contribution in [0, 0.1) is 11.6 Å². The van der Waals surface area contributed by atoms with Crippen LogP contribution in [0.2, 0.25) is 0 Å². The molecular weight excluding hydrogens is 281 g/mol. The van der Waals surface area contributed by atoms with Gasteiger partial charge in [0, 0.05) is 25.7 Å². The van der Waals surface area contributed by atoms with E-state index < -0.39 is 24.2 Å². The van der Waals surface area contributed by atoms with Crippen LogP contribution in [0.15, 0.2) is 23.2 Å². The zero-order chi connectivity index (χ0) is 15.2. The lowest BCUT2D eigenvalue weighted by atomic mass is 10.2. The molecule has 0 aliphatic carbocycles. The molecule has 3 nitrogen and oxygen atoms in total. The van der Waals surface area contributed by atoms with Crippen molar-refractivity contribution in [1.82, 2.24) is 10.6 Å². The summed E-state index contributed by atoms with van der Waals surface area (Å²) in [6.45, 7) is -0.440. The molecule has 1 aromatic rings. The van der Waals surface area contributed by atoms with Crippen molar-refractivity contribution >= 4 is 5.96 Å². The van der Waals surface area contributed by atoms with E-state index in [-0.39, 0.29) is 24.6 Å². The molecule has 0 unspecified atom stereocenters. The molecule has 0 heterocycles. The lowest BCUT2D eigenvalue weighted by molar-refractivity contribution is -0.132. The van der Waals surface area contributed by atoms with Crippen LogP contribution in [0.5, 0.6) is 0 Å². The fraction of sp³-hybridized carbons (Fsp3) is 0.417. The first-order chi connectivity index (χ1) is 9.31. The number of hydrogen-bond donors (Lipinski definition) is 2. The molecule has 0 aliphatic heterocycles. The highest BCUT2D eigenvalue weighted by Crippen LogP contribution is 2.18. The van der Waals surface area contributed by atoms with Crippen LogP contribution in [0.25, 0.3) is 0 Å². The number of guanidine groups is 1. The van der Waals surface area contributed by atoms with Crippen molar-refractivity contribution in [2.45, 2.75) is 19.1 Å². The minimum atomic E-state index is -4.26. The van der Waals surface area contributed by atoms with Gasteiger partial charge in [0.05, 0.1) is 6.42 Å². The Hall–Kier alpha value is -1.86. The van der Waals surface area contributed by atoms with Crippen molar-refractivity contribution in [2.75, 3.05) is 13.6 Å². The molecule has 1 rings (SSSR count). The van der Waals surface area contributed by atoms with Gasteiger partial charge >= 0.3 is 6.18 Å². The molecule has 0 radical (unpaired) electrons. The highest BCUT2D eigenvalue weighted by atomic mass is 19.4. The third kappa shape index (κ3) is 5.85. The predicted molar refractivity (Wildman–Crippen MR) is 65.2 cm³/mol. The largest absolute Gasteiger partial charge is 0.390 e. The number of nitrogens with zero attached hydrogens (tertiary/aromatic N) is 1. The van der Waals surface area contributed by atoms with Crippen molar-refractivity contribution in [3.8, 4) is 0 Å². The van der Waals surface area contributed by atoms with Crippen LogP contribution in [-0.2, 0) is 6.54 Å². The van der Waals surface area contributed by atoms with E-state index in [0.29, 0.717) is 0 Å². The molecule has 2 N–H and O–H groups in total. The molecule has 0 spiro atoms. The highest BCUT2D eigenvalue weighted by molar-refractivity contribution is 5.79. The first-order valence-electron chi connectivity index (χ1n) is 5.77. The monoisotopic (exact) mass is 295 g/mol. The maximum absolute atomic E-state index is 13.3. The maximum atomic E-state index is 13.3. The second-order valence-corrected chi connectivity index (χ2v) is 3.95. The number of hydrogen-bond acceptors (Lipinski definition) is 1. The molecule has 8 heteroatoms. The number of nitrogens with one attached hydrogen (secondary N) is 2. The Morgan fingerprint density at radius 2 is 1.90 bits per heavy atom. The van der Waals surface area contributed by atoms with Gasteiger partial charge < -0.3 is 10.6 Å². The minimum Gasteiger partial charge on any atom is -0.356 e. The summed E-state index contributed by atoms with van der Waals surface area (Å²) in [5, 5.41) is 5.04. The Morgan fingerprint density at radius 3 is 2.50 bits per heavy atom. The summed E-state index contributed by atoms with van der Waals surface area (Å²) in [7, 11) is 1.37. The van der Waals surface area contributed by atoms with E-state index in [2.05, 4.69) is 15.6 Å². The first kappa shape index (κ1) is 16.2.